The van der Waals surface area contributed by atoms with Gasteiger partial charge in [0.15, 0.2) is 0 Å². The second-order valence-corrected chi connectivity index (χ2v) is 12.2. The van der Waals surface area contributed by atoms with Gasteiger partial charge in [0.05, 0.1) is 15.6 Å². The number of hydrogen-bond donors (Lipinski definition) is 1. The lowest BCUT2D eigenvalue weighted by Crippen LogP contribution is -2.53. The van der Waals surface area contributed by atoms with E-state index >= 15 is 0 Å². The van der Waals surface area contributed by atoms with Crippen LogP contribution < -0.4 is 9.62 Å². The predicted molar refractivity (Wildman–Crippen MR) is 157 cm³/mol. The van der Waals surface area contributed by atoms with E-state index in [0.717, 1.165) is 15.4 Å². The lowest BCUT2D eigenvalue weighted by atomic mass is 10.1. The van der Waals surface area contributed by atoms with Crippen LogP contribution in [0.25, 0.3) is 0 Å². The van der Waals surface area contributed by atoms with Crippen LogP contribution in [-0.4, -0.2) is 43.8 Å². The molecule has 0 heterocycles. The average Bonchev–Trinajstić information content (AvgIpc) is 2.88. The summed E-state index contributed by atoms with van der Waals surface area (Å²) < 4.78 is 28.7. The molecule has 39 heavy (non-hydrogen) atoms. The number of halogens is 2. The summed E-state index contributed by atoms with van der Waals surface area (Å²) in [6.45, 7) is 6.86. The number of carbonyl (C=O) groups is 2. The van der Waals surface area contributed by atoms with Crippen molar-refractivity contribution in [3.8, 4) is 0 Å². The zero-order valence-electron chi connectivity index (χ0n) is 22.4. The van der Waals surface area contributed by atoms with Gasteiger partial charge in [0.1, 0.15) is 12.6 Å². The van der Waals surface area contributed by atoms with Gasteiger partial charge >= 0.3 is 0 Å². The number of rotatable bonds is 11. The summed E-state index contributed by atoms with van der Waals surface area (Å²) in [5.74, 6) is -0.869. The number of anilines is 1. The highest BCUT2D eigenvalue weighted by molar-refractivity contribution is 7.92. The van der Waals surface area contributed by atoms with E-state index in [1.54, 1.807) is 60.7 Å². The monoisotopic (exact) mass is 589 g/mol. The third-order valence-corrected chi connectivity index (χ3v) is 8.44. The van der Waals surface area contributed by atoms with E-state index in [9.17, 15) is 18.0 Å². The maximum Gasteiger partial charge on any atom is 0.264 e. The fourth-order valence-corrected chi connectivity index (χ4v) is 5.94. The summed E-state index contributed by atoms with van der Waals surface area (Å²) in [5.41, 5.74) is 1.80. The SMILES string of the molecule is CC[C@@H](C(=O)NC(C)C)N(Cc1ccc(Cl)cc1)C(=O)CN(c1ccccc1Cl)S(=O)(=O)c1ccc(C)cc1. The molecule has 0 spiro atoms. The number of nitrogens with one attached hydrogen (secondary N) is 1. The first kappa shape index (κ1) is 30.5. The van der Waals surface area contributed by atoms with Gasteiger partial charge in [-0.3, -0.25) is 13.9 Å². The molecule has 2 amide bonds. The van der Waals surface area contributed by atoms with Crippen molar-refractivity contribution in [1.82, 2.24) is 10.2 Å². The lowest BCUT2D eigenvalue weighted by Gasteiger charge is -2.33. The summed E-state index contributed by atoms with van der Waals surface area (Å²) in [5, 5.41) is 3.59. The topological polar surface area (TPSA) is 86.8 Å². The summed E-state index contributed by atoms with van der Waals surface area (Å²) in [7, 11) is -4.19. The zero-order chi connectivity index (χ0) is 28.7. The van der Waals surface area contributed by atoms with Crippen LogP contribution in [0.4, 0.5) is 5.69 Å². The molecule has 0 saturated carbocycles. The Morgan fingerprint density at radius 3 is 2.10 bits per heavy atom. The van der Waals surface area contributed by atoms with Crippen molar-refractivity contribution in [2.45, 2.75) is 57.6 Å². The van der Waals surface area contributed by atoms with Gasteiger partial charge in [-0.2, -0.15) is 0 Å². The Hall–Kier alpha value is -3.07. The molecule has 0 radical (unpaired) electrons. The van der Waals surface area contributed by atoms with Crippen LogP contribution in [0.1, 0.15) is 38.3 Å². The molecular formula is C29H33Cl2N3O4S. The molecule has 0 fully saturated rings. The number of sulfonamides is 1. The van der Waals surface area contributed by atoms with Crippen molar-refractivity contribution >= 4 is 50.7 Å². The van der Waals surface area contributed by atoms with Crippen molar-refractivity contribution in [2.24, 2.45) is 0 Å². The van der Waals surface area contributed by atoms with E-state index in [-0.39, 0.29) is 34.1 Å². The Kier molecular flexibility index (Phi) is 10.4. The molecule has 7 nitrogen and oxygen atoms in total. The van der Waals surface area contributed by atoms with Gasteiger partial charge in [-0.1, -0.05) is 72.1 Å². The summed E-state index contributed by atoms with van der Waals surface area (Å²) in [6, 6.07) is 18.8. The average molecular weight is 591 g/mol. The molecule has 1 atom stereocenters. The van der Waals surface area contributed by atoms with E-state index < -0.39 is 28.5 Å². The molecule has 0 unspecified atom stereocenters. The standard InChI is InChI=1S/C29H33Cl2N3O4S/c1-5-26(29(36)32-20(2)3)33(18-22-12-14-23(30)15-13-22)28(35)19-34(27-9-7-6-8-25(27)31)39(37,38)24-16-10-21(4)11-17-24/h6-17,20,26H,5,18-19H2,1-4H3,(H,32,36)/t26-/m0/s1. The van der Waals surface area contributed by atoms with Crippen molar-refractivity contribution in [1.29, 1.82) is 0 Å². The fourth-order valence-electron chi connectivity index (χ4n) is 4.09. The molecule has 0 aromatic heterocycles. The van der Waals surface area contributed by atoms with E-state index in [0.29, 0.717) is 11.4 Å². The van der Waals surface area contributed by atoms with Crippen LogP contribution in [0.15, 0.2) is 77.7 Å². The van der Waals surface area contributed by atoms with Crippen molar-refractivity contribution in [2.75, 3.05) is 10.8 Å². The maximum absolute atomic E-state index is 14.0. The highest BCUT2D eigenvalue weighted by Crippen LogP contribution is 2.31. The third kappa shape index (κ3) is 7.75. The van der Waals surface area contributed by atoms with E-state index in [1.807, 2.05) is 27.7 Å². The molecule has 208 valence electrons. The molecule has 1 N–H and O–H groups in total. The van der Waals surface area contributed by atoms with Crippen LogP contribution in [0, 0.1) is 6.92 Å². The Balaban J connectivity index is 2.07. The molecule has 3 aromatic carbocycles. The molecule has 3 aromatic rings. The van der Waals surface area contributed by atoms with Gasteiger partial charge in [0.25, 0.3) is 10.0 Å². The van der Waals surface area contributed by atoms with Gasteiger partial charge in [-0.05, 0) is 69.2 Å². The normalized spacial score (nSPS) is 12.2. The van der Waals surface area contributed by atoms with E-state index in [2.05, 4.69) is 5.32 Å². The highest BCUT2D eigenvalue weighted by Gasteiger charge is 2.34. The number of para-hydroxylation sites is 1. The first-order valence-corrected chi connectivity index (χ1v) is 14.8. The molecule has 0 aliphatic rings. The number of benzene rings is 3. The third-order valence-electron chi connectivity index (χ3n) is 6.09. The van der Waals surface area contributed by atoms with Gasteiger partial charge in [0.2, 0.25) is 11.8 Å². The number of aryl methyl sites for hydroxylation is 1. The van der Waals surface area contributed by atoms with Crippen molar-refractivity contribution in [3.63, 3.8) is 0 Å². The zero-order valence-corrected chi connectivity index (χ0v) is 24.7. The molecule has 3 rings (SSSR count). The molecule has 0 aliphatic heterocycles. The smallest absolute Gasteiger partial charge is 0.264 e. The minimum atomic E-state index is -4.19. The Labute approximate surface area is 240 Å². The largest absolute Gasteiger partial charge is 0.352 e. The Morgan fingerprint density at radius 1 is 0.923 bits per heavy atom. The van der Waals surface area contributed by atoms with Gasteiger partial charge in [-0.25, -0.2) is 8.42 Å². The van der Waals surface area contributed by atoms with Crippen LogP contribution in [0.5, 0.6) is 0 Å². The number of carbonyl (C=O) groups excluding carboxylic acids is 2. The first-order valence-electron chi connectivity index (χ1n) is 12.6. The van der Waals surface area contributed by atoms with Crippen LogP contribution in [0.3, 0.4) is 0 Å². The van der Waals surface area contributed by atoms with Crippen molar-refractivity contribution < 1.29 is 18.0 Å². The van der Waals surface area contributed by atoms with Gasteiger partial charge < -0.3 is 10.2 Å². The van der Waals surface area contributed by atoms with Gasteiger partial charge in [0, 0.05) is 17.6 Å². The first-order chi connectivity index (χ1) is 18.4. The molecular weight excluding hydrogens is 557 g/mol. The molecule has 10 heteroatoms. The Bertz CT molecular complexity index is 1390. The predicted octanol–water partition coefficient (Wildman–Crippen LogP) is 5.83. The van der Waals surface area contributed by atoms with E-state index in [4.69, 9.17) is 23.2 Å². The van der Waals surface area contributed by atoms with E-state index in [1.165, 1.54) is 17.0 Å². The second kappa shape index (κ2) is 13.3. The number of hydrogen-bond acceptors (Lipinski definition) is 4. The van der Waals surface area contributed by atoms with Crippen LogP contribution in [-0.2, 0) is 26.2 Å². The van der Waals surface area contributed by atoms with Gasteiger partial charge in [-0.15, -0.1) is 0 Å². The summed E-state index contributed by atoms with van der Waals surface area (Å²) in [4.78, 5) is 28.6. The van der Waals surface area contributed by atoms with Crippen LogP contribution in [0.2, 0.25) is 10.0 Å². The molecule has 0 saturated heterocycles. The Morgan fingerprint density at radius 2 is 1.54 bits per heavy atom. The molecule has 0 bridgehead atoms. The number of amides is 2. The highest BCUT2D eigenvalue weighted by atomic mass is 35.5. The fraction of sp³-hybridized carbons (Fsp3) is 0.310. The summed E-state index contributed by atoms with van der Waals surface area (Å²) >= 11 is 12.5. The number of nitrogens with zero attached hydrogens (tertiary/aromatic N) is 2. The lowest BCUT2D eigenvalue weighted by molar-refractivity contribution is -0.140. The van der Waals surface area contributed by atoms with Crippen molar-refractivity contribution in [3.05, 3.63) is 94.0 Å². The maximum atomic E-state index is 14.0. The molecule has 0 aliphatic carbocycles. The minimum absolute atomic E-state index is 0.0228. The van der Waals surface area contributed by atoms with Crippen LogP contribution >= 0.6 is 23.2 Å². The minimum Gasteiger partial charge on any atom is -0.352 e. The quantitative estimate of drug-likeness (QED) is 0.305. The summed E-state index contributed by atoms with van der Waals surface area (Å²) in [6.07, 6.45) is 0.328. The second-order valence-electron chi connectivity index (χ2n) is 9.51.